The summed E-state index contributed by atoms with van der Waals surface area (Å²) in [4.78, 5) is 0. The van der Waals surface area contributed by atoms with Gasteiger partial charge in [-0.25, -0.2) is 0 Å². The minimum absolute atomic E-state index is 1.37. The van der Waals surface area contributed by atoms with Crippen LogP contribution in [-0.2, 0) is 0 Å². The molecule has 0 atom stereocenters. The van der Waals surface area contributed by atoms with Crippen LogP contribution in [0.2, 0.25) is 0 Å². The van der Waals surface area contributed by atoms with Crippen molar-refractivity contribution in [3.63, 3.8) is 0 Å². The SMILES string of the molecule is CCCCCCC[C]1CCCCCCCC1. The highest BCUT2D eigenvalue weighted by Crippen LogP contribution is 2.27. The van der Waals surface area contributed by atoms with Gasteiger partial charge in [-0.2, -0.15) is 0 Å². The molecule has 0 nitrogen and oxygen atoms in total. The predicted molar refractivity (Wildman–Crippen MR) is 73.6 cm³/mol. The molecule has 0 aromatic rings. The molecule has 0 heterocycles. The molecule has 1 aliphatic rings. The zero-order chi connectivity index (χ0) is 11.5. The van der Waals surface area contributed by atoms with Gasteiger partial charge in [0.05, 0.1) is 0 Å². The van der Waals surface area contributed by atoms with E-state index in [0.29, 0.717) is 0 Å². The number of hydrogen-bond donors (Lipinski definition) is 0. The quantitative estimate of drug-likeness (QED) is 0.480. The molecule has 16 heavy (non-hydrogen) atoms. The van der Waals surface area contributed by atoms with Crippen molar-refractivity contribution >= 4 is 0 Å². The largest absolute Gasteiger partial charge is 0.0654 e. The van der Waals surface area contributed by atoms with Gasteiger partial charge in [0.15, 0.2) is 0 Å². The van der Waals surface area contributed by atoms with Crippen molar-refractivity contribution in [2.24, 2.45) is 0 Å². The molecule has 1 aliphatic carbocycles. The normalized spacial score (nSPS) is 20.1. The molecule has 0 heteroatoms. The van der Waals surface area contributed by atoms with Crippen LogP contribution in [0.4, 0.5) is 0 Å². The summed E-state index contributed by atoms with van der Waals surface area (Å²) in [5.41, 5.74) is 0. The lowest BCUT2D eigenvalue weighted by molar-refractivity contribution is 0.553. The first-order valence-corrected chi connectivity index (χ1v) is 7.77. The molecule has 0 amide bonds. The summed E-state index contributed by atoms with van der Waals surface area (Å²) in [7, 11) is 0. The number of unbranched alkanes of at least 4 members (excludes halogenated alkanes) is 4. The first-order valence-electron chi connectivity index (χ1n) is 7.77. The molecular formula is C16H31. The van der Waals surface area contributed by atoms with Gasteiger partial charge >= 0.3 is 0 Å². The van der Waals surface area contributed by atoms with E-state index in [1.807, 2.05) is 5.92 Å². The van der Waals surface area contributed by atoms with E-state index in [9.17, 15) is 0 Å². The van der Waals surface area contributed by atoms with Gasteiger partial charge < -0.3 is 0 Å². The van der Waals surface area contributed by atoms with E-state index in [4.69, 9.17) is 0 Å². The Morgan fingerprint density at radius 1 is 0.688 bits per heavy atom. The Bertz CT molecular complexity index is 129. The van der Waals surface area contributed by atoms with Crippen molar-refractivity contribution in [3.05, 3.63) is 5.92 Å². The molecular weight excluding hydrogens is 192 g/mol. The van der Waals surface area contributed by atoms with Crippen LogP contribution >= 0.6 is 0 Å². The molecule has 0 aromatic heterocycles. The van der Waals surface area contributed by atoms with Gasteiger partial charge in [-0.1, -0.05) is 77.6 Å². The second-order valence-corrected chi connectivity index (χ2v) is 5.54. The molecule has 0 aromatic carbocycles. The zero-order valence-corrected chi connectivity index (χ0v) is 11.4. The van der Waals surface area contributed by atoms with Gasteiger partial charge in [0, 0.05) is 0 Å². The van der Waals surface area contributed by atoms with Gasteiger partial charge in [0.2, 0.25) is 0 Å². The second-order valence-electron chi connectivity index (χ2n) is 5.54. The molecule has 0 unspecified atom stereocenters. The van der Waals surface area contributed by atoms with Crippen molar-refractivity contribution < 1.29 is 0 Å². The number of rotatable bonds is 6. The summed E-state index contributed by atoms with van der Waals surface area (Å²) in [5.74, 6) is 1.90. The van der Waals surface area contributed by atoms with Crippen LogP contribution in [0.15, 0.2) is 0 Å². The maximum Gasteiger partial charge on any atom is -0.0241 e. The van der Waals surface area contributed by atoms with Crippen molar-refractivity contribution in [1.82, 2.24) is 0 Å². The molecule has 1 radical (unpaired) electrons. The smallest absolute Gasteiger partial charge is 0.0241 e. The lowest BCUT2D eigenvalue weighted by Gasteiger charge is -2.14. The van der Waals surface area contributed by atoms with E-state index in [0.717, 1.165) is 0 Å². The van der Waals surface area contributed by atoms with E-state index >= 15 is 0 Å². The Morgan fingerprint density at radius 2 is 1.25 bits per heavy atom. The summed E-state index contributed by atoms with van der Waals surface area (Å²) >= 11 is 0. The number of hydrogen-bond acceptors (Lipinski definition) is 0. The highest BCUT2D eigenvalue weighted by molar-refractivity contribution is 4.89. The van der Waals surface area contributed by atoms with Crippen LogP contribution < -0.4 is 0 Å². The van der Waals surface area contributed by atoms with Crippen LogP contribution in [0.1, 0.15) is 96.8 Å². The van der Waals surface area contributed by atoms with E-state index < -0.39 is 0 Å². The van der Waals surface area contributed by atoms with E-state index in [1.165, 1.54) is 89.9 Å². The molecule has 0 saturated heterocycles. The topological polar surface area (TPSA) is 0 Å². The van der Waals surface area contributed by atoms with Crippen LogP contribution in [0, 0.1) is 5.92 Å². The fourth-order valence-corrected chi connectivity index (χ4v) is 2.81. The maximum absolute atomic E-state index is 2.30. The minimum Gasteiger partial charge on any atom is -0.0654 e. The van der Waals surface area contributed by atoms with E-state index in [-0.39, 0.29) is 0 Å². The second kappa shape index (κ2) is 10.2. The van der Waals surface area contributed by atoms with Gasteiger partial charge in [-0.15, -0.1) is 0 Å². The average Bonchev–Trinajstić information content (AvgIpc) is 2.42. The van der Waals surface area contributed by atoms with Crippen molar-refractivity contribution in [2.75, 3.05) is 0 Å². The van der Waals surface area contributed by atoms with E-state index in [2.05, 4.69) is 6.92 Å². The standard InChI is InChI=1S/C16H31/c1-2-3-4-7-10-13-16-14-11-8-5-6-9-12-15-16/h2-15H2,1H3. The van der Waals surface area contributed by atoms with Crippen LogP contribution in [0.25, 0.3) is 0 Å². The highest BCUT2D eigenvalue weighted by Gasteiger charge is 2.10. The Hall–Kier alpha value is 0. The van der Waals surface area contributed by atoms with E-state index in [1.54, 1.807) is 0 Å². The van der Waals surface area contributed by atoms with Gasteiger partial charge in [0.1, 0.15) is 0 Å². The first kappa shape index (κ1) is 14.1. The van der Waals surface area contributed by atoms with Crippen LogP contribution in [0.3, 0.4) is 0 Å². The fraction of sp³-hybridized carbons (Fsp3) is 0.938. The minimum atomic E-state index is 1.37. The zero-order valence-electron chi connectivity index (χ0n) is 11.4. The third-order valence-corrected chi connectivity index (χ3v) is 3.94. The van der Waals surface area contributed by atoms with Crippen LogP contribution in [0.5, 0.6) is 0 Å². The van der Waals surface area contributed by atoms with Crippen molar-refractivity contribution in [1.29, 1.82) is 0 Å². The molecule has 0 aliphatic heterocycles. The Kier molecular flexibility index (Phi) is 8.94. The summed E-state index contributed by atoms with van der Waals surface area (Å²) in [6, 6.07) is 0. The summed E-state index contributed by atoms with van der Waals surface area (Å²) in [6.45, 7) is 2.30. The fourth-order valence-electron chi connectivity index (χ4n) is 2.81. The molecule has 1 saturated carbocycles. The Labute approximate surface area is 103 Å². The summed E-state index contributed by atoms with van der Waals surface area (Å²) < 4.78 is 0. The third kappa shape index (κ3) is 7.30. The highest BCUT2D eigenvalue weighted by atomic mass is 14.2. The lowest BCUT2D eigenvalue weighted by atomic mass is 9.91. The lowest BCUT2D eigenvalue weighted by Crippen LogP contribution is -1.97. The molecule has 1 rings (SSSR count). The Balaban J connectivity index is 2.03. The molecule has 0 bridgehead atoms. The van der Waals surface area contributed by atoms with Crippen molar-refractivity contribution in [3.8, 4) is 0 Å². The average molecular weight is 223 g/mol. The first-order chi connectivity index (χ1) is 7.93. The maximum atomic E-state index is 2.30. The summed E-state index contributed by atoms with van der Waals surface area (Å²) in [5, 5.41) is 0. The third-order valence-electron chi connectivity index (χ3n) is 3.94. The van der Waals surface area contributed by atoms with Gasteiger partial charge in [-0.3, -0.25) is 0 Å². The molecule has 95 valence electrons. The predicted octanol–water partition coefficient (Wildman–Crippen LogP) is 6.06. The summed E-state index contributed by atoms with van der Waals surface area (Å²) in [6.07, 6.45) is 20.5. The Morgan fingerprint density at radius 3 is 1.88 bits per heavy atom. The van der Waals surface area contributed by atoms with Gasteiger partial charge in [-0.05, 0) is 25.2 Å². The van der Waals surface area contributed by atoms with Crippen molar-refractivity contribution in [2.45, 2.75) is 96.8 Å². The monoisotopic (exact) mass is 223 g/mol. The molecule has 0 spiro atoms. The molecule has 1 fully saturated rings. The molecule has 0 N–H and O–H groups in total. The van der Waals surface area contributed by atoms with Crippen LogP contribution in [-0.4, -0.2) is 0 Å². The van der Waals surface area contributed by atoms with Gasteiger partial charge in [0.25, 0.3) is 0 Å².